The van der Waals surface area contributed by atoms with Gasteiger partial charge >= 0.3 is 12.3 Å². The molecular weight excluding hydrogens is 635 g/mol. The van der Waals surface area contributed by atoms with Gasteiger partial charge in [-0.05, 0) is 112 Å². The van der Waals surface area contributed by atoms with Crippen LogP contribution in [0.1, 0.15) is 69.7 Å². The van der Waals surface area contributed by atoms with Crippen molar-refractivity contribution in [1.82, 2.24) is 10.6 Å². The van der Waals surface area contributed by atoms with Gasteiger partial charge in [0.05, 0.1) is 18.3 Å². The number of aliphatic imine (C=N–C) groups is 1. The molecule has 49 heavy (non-hydrogen) atoms. The molecule has 1 unspecified atom stereocenters. The summed E-state index contributed by atoms with van der Waals surface area (Å²) < 4.78 is 51.4. The van der Waals surface area contributed by atoms with Crippen LogP contribution in [0.5, 0.6) is 5.75 Å². The molecule has 2 amide bonds. The number of benzene rings is 3. The molecule has 0 heterocycles. The van der Waals surface area contributed by atoms with Crippen molar-refractivity contribution in [3.63, 3.8) is 0 Å². The quantitative estimate of drug-likeness (QED) is 0.129. The van der Waals surface area contributed by atoms with Gasteiger partial charge in [0.1, 0.15) is 22.8 Å². The van der Waals surface area contributed by atoms with Crippen molar-refractivity contribution >= 4 is 29.1 Å². The predicted molar refractivity (Wildman–Crippen MR) is 185 cm³/mol. The number of carbonyl (C=O) groups is 2. The Morgan fingerprint density at radius 3 is 2.37 bits per heavy atom. The molecule has 0 aromatic heterocycles. The largest absolute Gasteiger partial charge is 0.494 e. The van der Waals surface area contributed by atoms with Crippen LogP contribution in [0, 0.1) is 5.92 Å². The van der Waals surface area contributed by atoms with Gasteiger partial charge in [-0.1, -0.05) is 43.3 Å². The molecule has 0 aliphatic heterocycles. The molecule has 12 heteroatoms. The number of anilines is 1. The van der Waals surface area contributed by atoms with E-state index in [9.17, 15) is 22.8 Å². The highest BCUT2D eigenvalue weighted by molar-refractivity contribution is 6.47. The second-order valence-electron chi connectivity index (χ2n) is 12.9. The molecule has 9 nitrogen and oxygen atoms in total. The highest BCUT2D eigenvalue weighted by atomic mass is 19.4. The van der Waals surface area contributed by atoms with Crippen LogP contribution < -0.4 is 26.4 Å². The number of allylic oxidation sites excluding steroid dienone is 1. The van der Waals surface area contributed by atoms with Gasteiger partial charge in [-0.2, -0.15) is 13.2 Å². The highest BCUT2D eigenvalue weighted by Gasteiger charge is 2.32. The molecule has 1 atom stereocenters. The van der Waals surface area contributed by atoms with Crippen molar-refractivity contribution in [3.05, 3.63) is 101 Å². The molecule has 1 fully saturated rings. The number of carbonyl (C=O) groups excluding carboxylic acids is 2. The lowest BCUT2D eigenvalue weighted by Crippen LogP contribution is -2.32. The van der Waals surface area contributed by atoms with Crippen molar-refractivity contribution in [2.75, 3.05) is 18.5 Å². The highest BCUT2D eigenvalue weighted by Crippen LogP contribution is 2.31. The van der Waals surface area contributed by atoms with E-state index in [2.05, 4.69) is 20.9 Å². The molecule has 1 saturated carbocycles. The van der Waals surface area contributed by atoms with Crippen LogP contribution in [0.3, 0.4) is 0 Å². The number of nitrogens with one attached hydrogen (secondary N) is 3. The van der Waals surface area contributed by atoms with Crippen LogP contribution >= 0.6 is 0 Å². The molecule has 3 aromatic rings. The molecule has 5 N–H and O–H groups in total. The first-order valence-electron chi connectivity index (χ1n) is 16.3. The van der Waals surface area contributed by atoms with Crippen LogP contribution in [0.15, 0.2) is 89.6 Å². The van der Waals surface area contributed by atoms with Gasteiger partial charge in [0.2, 0.25) is 0 Å². The second kappa shape index (κ2) is 16.5. The fraction of sp³-hybridized carbons (Fsp3) is 0.378. The van der Waals surface area contributed by atoms with E-state index in [0.29, 0.717) is 29.9 Å². The van der Waals surface area contributed by atoms with E-state index in [0.717, 1.165) is 29.8 Å². The van der Waals surface area contributed by atoms with Gasteiger partial charge in [-0.3, -0.25) is 4.79 Å². The third kappa shape index (κ3) is 12.3. The summed E-state index contributed by atoms with van der Waals surface area (Å²) in [5.74, 6) is 0.491. The maximum absolute atomic E-state index is 13.5. The minimum atomic E-state index is -4.88. The Morgan fingerprint density at radius 1 is 1.00 bits per heavy atom. The molecule has 0 bridgehead atoms. The number of rotatable bonds is 14. The lowest BCUT2D eigenvalue weighted by molar-refractivity contribution is -0.110. The van der Waals surface area contributed by atoms with E-state index >= 15 is 0 Å². The lowest BCUT2D eigenvalue weighted by Gasteiger charge is -2.21. The van der Waals surface area contributed by atoms with Crippen LogP contribution in [0.2, 0.25) is 0 Å². The molecule has 1 aliphatic carbocycles. The Hall–Kier alpha value is -4.84. The van der Waals surface area contributed by atoms with Crippen LogP contribution in [0.25, 0.3) is 0 Å². The summed E-state index contributed by atoms with van der Waals surface area (Å²) in [6.07, 6.45) is -1.77. The van der Waals surface area contributed by atoms with Gasteiger partial charge < -0.3 is 31.2 Å². The Balaban J connectivity index is 1.58. The molecule has 1 aliphatic rings. The van der Waals surface area contributed by atoms with Gasteiger partial charge in [0.25, 0.3) is 5.91 Å². The van der Waals surface area contributed by atoms with Gasteiger partial charge in [0.15, 0.2) is 0 Å². The first-order valence-corrected chi connectivity index (χ1v) is 16.3. The summed E-state index contributed by atoms with van der Waals surface area (Å²) >= 11 is 0. The maximum atomic E-state index is 13.5. The van der Waals surface area contributed by atoms with Crippen molar-refractivity contribution in [2.24, 2.45) is 16.6 Å². The summed E-state index contributed by atoms with van der Waals surface area (Å²) in [7, 11) is 0. The average molecular weight is 680 g/mol. The Morgan fingerprint density at radius 2 is 1.71 bits per heavy atom. The Kier molecular flexibility index (Phi) is 12.5. The van der Waals surface area contributed by atoms with E-state index in [-0.39, 0.29) is 18.3 Å². The molecule has 0 radical (unpaired) electrons. The number of alkyl halides is 3. The molecule has 262 valence electrons. The fourth-order valence-electron chi connectivity index (χ4n) is 4.74. The molecular formula is C37H44F3N5O4. The van der Waals surface area contributed by atoms with Crippen molar-refractivity contribution < 1.29 is 32.2 Å². The minimum absolute atomic E-state index is 0.0670. The summed E-state index contributed by atoms with van der Waals surface area (Å²) in [5, 5.41) is 8.94. The first-order chi connectivity index (χ1) is 23.2. The fourth-order valence-corrected chi connectivity index (χ4v) is 4.74. The van der Waals surface area contributed by atoms with Crippen molar-refractivity contribution in [1.29, 1.82) is 0 Å². The summed E-state index contributed by atoms with van der Waals surface area (Å²) in [5.41, 5.74) is 5.59. The summed E-state index contributed by atoms with van der Waals surface area (Å²) in [6, 6.07) is 21.1. The van der Waals surface area contributed by atoms with E-state index in [4.69, 9.17) is 15.2 Å². The number of hydrogen-bond donors (Lipinski definition) is 4. The van der Waals surface area contributed by atoms with Crippen molar-refractivity contribution in [2.45, 2.75) is 71.3 Å². The molecule has 4 rings (SSSR count). The summed E-state index contributed by atoms with van der Waals surface area (Å²) in [6.45, 7) is 8.75. The Labute approximate surface area is 285 Å². The lowest BCUT2D eigenvalue weighted by atomic mass is 9.97. The minimum Gasteiger partial charge on any atom is -0.494 e. The maximum Gasteiger partial charge on any atom is 0.430 e. The normalized spacial score (nSPS) is 14.6. The predicted octanol–water partition coefficient (Wildman–Crippen LogP) is 7.71. The zero-order chi connectivity index (χ0) is 35.6. The monoisotopic (exact) mass is 679 g/mol. The summed E-state index contributed by atoms with van der Waals surface area (Å²) in [4.78, 5) is 29.8. The Bertz CT molecular complexity index is 1640. The topological polar surface area (TPSA) is 127 Å². The zero-order valence-electron chi connectivity index (χ0n) is 28.2. The van der Waals surface area contributed by atoms with E-state index in [1.807, 2.05) is 37.3 Å². The number of ether oxygens (including phenoxy) is 2. The van der Waals surface area contributed by atoms with Crippen LogP contribution in [-0.4, -0.2) is 42.6 Å². The SMILES string of the molecule is CCCOc1ccc(C(NCC2CC2)c2cccc(NC(=O)C(C=C(N)C(F)(F)F)=Nc3cccc(CNC(=O)OC(C)(C)C)c3)c2)cc1. The number of hydrogen-bond acceptors (Lipinski definition) is 7. The number of amides is 2. The second-order valence-corrected chi connectivity index (χ2v) is 12.9. The molecule has 3 aromatic carbocycles. The first kappa shape index (κ1) is 37.0. The standard InChI is InChI=1S/C37H44F3N5O4/c1-5-18-48-30-16-14-26(15-17-30)33(42-22-24-12-13-24)27-9-7-11-29(20-27)45-34(46)31(21-32(41)37(38,39)40)44-28-10-6-8-25(19-28)23-43-35(47)49-36(2,3)4/h6-11,14-17,19-21,24,33,42H,5,12-13,18,22-23,41H2,1-4H3,(H,43,47)(H,45,46). The zero-order valence-corrected chi connectivity index (χ0v) is 28.2. The molecule has 0 spiro atoms. The van der Waals surface area contributed by atoms with E-state index in [1.54, 1.807) is 51.1 Å². The third-order valence-corrected chi connectivity index (χ3v) is 7.32. The van der Waals surface area contributed by atoms with Crippen LogP contribution in [-0.2, 0) is 16.1 Å². The third-order valence-electron chi connectivity index (χ3n) is 7.32. The molecule has 0 saturated heterocycles. The van der Waals surface area contributed by atoms with Gasteiger partial charge in [-0.15, -0.1) is 0 Å². The van der Waals surface area contributed by atoms with E-state index in [1.165, 1.54) is 25.0 Å². The van der Waals surface area contributed by atoms with Crippen LogP contribution in [0.4, 0.5) is 29.3 Å². The van der Waals surface area contributed by atoms with Crippen molar-refractivity contribution in [3.8, 4) is 5.75 Å². The van der Waals surface area contributed by atoms with E-state index < -0.39 is 35.2 Å². The number of halogens is 3. The smallest absolute Gasteiger partial charge is 0.430 e. The number of nitrogens with two attached hydrogens (primary N) is 1. The van der Waals surface area contributed by atoms with Gasteiger partial charge in [0, 0.05) is 12.2 Å². The van der Waals surface area contributed by atoms with Gasteiger partial charge in [-0.25, -0.2) is 9.79 Å². The number of alkyl carbamates (subject to hydrolysis) is 1. The average Bonchev–Trinajstić information content (AvgIpc) is 3.87. The number of nitrogens with zero attached hydrogens (tertiary/aromatic N) is 1.